The summed E-state index contributed by atoms with van der Waals surface area (Å²) >= 11 is 6.30. The second kappa shape index (κ2) is 10.4. The van der Waals surface area contributed by atoms with Gasteiger partial charge in [0.15, 0.2) is 0 Å². The molecule has 1 aromatic carbocycles. The maximum atomic E-state index is 9.28. The summed E-state index contributed by atoms with van der Waals surface area (Å²) in [6.45, 7) is 8.78. The predicted molar refractivity (Wildman–Crippen MR) is 118 cm³/mol. The number of pyridine rings is 1. The lowest BCUT2D eigenvalue weighted by molar-refractivity contribution is 0.832. The largest absolute Gasteiger partial charge is 0.353 e. The van der Waals surface area contributed by atoms with Crippen LogP contribution in [-0.4, -0.2) is 29.1 Å². The summed E-state index contributed by atoms with van der Waals surface area (Å²) in [7, 11) is 0. The average Bonchev–Trinajstić information content (AvgIpc) is 2.64. The Kier molecular flexibility index (Phi) is 7.97. The number of anilines is 3. The zero-order valence-corrected chi connectivity index (χ0v) is 17.4. The van der Waals surface area contributed by atoms with Crippen LogP contribution in [0, 0.1) is 11.3 Å². The Morgan fingerprint density at radius 1 is 1.29 bits per heavy atom. The first-order valence-electron chi connectivity index (χ1n) is 9.18. The number of para-hydroxylation sites is 1. The van der Waals surface area contributed by atoms with Crippen LogP contribution in [0.5, 0.6) is 0 Å². The Labute approximate surface area is 171 Å². The Morgan fingerprint density at radius 3 is 2.71 bits per heavy atom. The molecule has 0 saturated heterocycles. The first-order chi connectivity index (χ1) is 13.4. The number of amidine groups is 1. The van der Waals surface area contributed by atoms with E-state index in [4.69, 9.17) is 11.6 Å². The van der Waals surface area contributed by atoms with E-state index in [0.29, 0.717) is 34.2 Å². The van der Waals surface area contributed by atoms with Crippen molar-refractivity contribution in [3.8, 4) is 6.07 Å². The van der Waals surface area contributed by atoms with Crippen LogP contribution in [0.3, 0.4) is 0 Å². The second-order valence-electron chi connectivity index (χ2n) is 6.51. The van der Waals surface area contributed by atoms with Crippen molar-refractivity contribution in [1.82, 2.24) is 4.98 Å². The topological polar surface area (TPSA) is 85.5 Å². The molecule has 0 aliphatic carbocycles. The number of benzene rings is 1. The molecule has 0 amide bonds. The van der Waals surface area contributed by atoms with E-state index in [-0.39, 0.29) is 6.04 Å². The van der Waals surface area contributed by atoms with Crippen LogP contribution in [0.4, 0.5) is 17.2 Å². The van der Waals surface area contributed by atoms with Gasteiger partial charge >= 0.3 is 0 Å². The van der Waals surface area contributed by atoms with Gasteiger partial charge in [0.05, 0.1) is 28.2 Å². The third-order valence-electron chi connectivity index (χ3n) is 3.71. The summed E-state index contributed by atoms with van der Waals surface area (Å²) in [4.78, 5) is 13.4. The molecule has 0 aliphatic heterocycles. The minimum atomic E-state index is 0.143. The van der Waals surface area contributed by atoms with E-state index in [1.54, 1.807) is 18.3 Å². The molecule has 28 heavy (non-hydrogen) atoms. The van der Waals surface area contributed by atoms with E-state index in [9.17, 15) is 5.26 Å². The highest BCUT2D eigenvalue weighted by Crippen LogP contribution is 2.28. The lowest BCUT2D eigenvalue weighted by Crippen LogP contribution is -2.18. The molecule has 0 radical (unpaired) electrons. The Bertz CT molecular complexity index is 911. The van der Waals surface area contributed by atoms with Crippen LogP contribution in [0.15, 0.2) is 46.5 Å². The number of rotatable bonds is 7. The molecule has 1 aromatic heterocycles. The van der Waals surface area contributed by atoms with Gasteiger partial charge in [0, 0.05) is 30.8 Å². The molecule has 0 aliphatic rings. The van der Waals surface area contributed by atoms with Gasteiger partial charge in [-0.2, -0.15) is 5.26 Å². The summed E-state index contributed by atoms with van der Waals surface area (Å²) in [6.07, 6.45) is 2.19. The summed E-state index contributed by atoms with van der Waals surface area (Å²) in [6, 6.07) is 11.4. The Balaban J connectivity index is 2.27. The van der Waals surface area contributed by atoms with Gasteiger partial charge in [0.1, 0.15) is 17.7 Å². The molecule has 0 unspecified atom stereocenters. The van der Waals surface area contributed by atoms with E-state index < -0.39 is 0 Å². The standard InChI is InChI=1S/C21H25ClN6/c1-5-24-15(4)10-21(26-14(2)3)28-20-11-19(17(22)13-25-20)27-18-9-7-6-8-16(18)12-23/h6-9,11,13-14H,5,10H2,1-4H3,(H2,25,26,27,28). The van der Waals surface area contributed by atoms with E-state index in [1.165, 1.54) is 0 Å². The molecule has 0 fully saturated rings. The van der Waals surface area contributed by atoms with Crippen molar-refractivity contribution in [3.05, 3.63) is 47.1 Å². The number of halogens is 1. The van der Waals surface area contributed by atoms with Crippen LogP contribution in [0.2, 0.25) is 5.02 Å². The van der Waals surface area contributed by atoms with Gasteiger partial charge in [-0.3, -0.25) is 9.98 Å². The Hall–Kier alpha value is -2.91. The number of nitrogens with zero attached hydrogens (tertiary/aromatic N) is 4. The molecule has 1 heterocycles. The summed E-state index contributed by atoms with van der Waals surface area (Å²) in [5, 5.41) is 16.2. The van der Waals surface area contributed by atoms with Gasteiger partial charge in [-0.15, -0.1) is 0 Å². The van der Waals surface area contributed by atoms with Crippen LogP contribution < -0.4 is 10.6 Å². The number of hydrogen-bond acceptors (Lipinski definition) is 5. The molecule has 0 spiro atoms. The highest BCUT2D eigenvalue weighted by Gasteiger charge is 2.10. The van der Waals surface area contributed by atoms with Gasteiger partial charge < -0.3 is 10.6 Å². The summed E-state index contributed by atoms with van der Waals surface area (Å²) < 4.78 is 0. The highest BCUT2D eigenvalue weighted by atomic mass is 35.5. The maximum Gasteiger partial charge on any atom is 0.133 e. The molecule has 2 rings (SSSR count). The fourth-order valence-electron chi connectivity index (χ4n) is 2.59. The van der Waals surface area contributed by atoms with Gasteiger partial charge in [-0.05, 0) is 39.8 Å². The molecule has 2 aromatic rings. The van der Waals surface area contributed by atoms with E-state index in [2.05, 4.69) is 31.7 Å². The van der Waals surface area contributed by atoms with Crippen molar-refractivity contribution in [1.29, 1.82) is 5.26 Å². The fourth-order valence-corrected chi connectivity index (χ4v) is 2.74. The normalized spacial score (nSPS) is 12.0. The van der Waals surface area contributed by atoms with Crippen molar-refractivity contribution in [2.75, 3.05) is 17.2 Å². The van der Waals surface area contributed by atoms with Crippen LogP contribution in [0.25, 0.3) is 0 Å². The minimum Gasteiger partial charge on any atom is -0.353 e. The fraction of sp³-hybridized carbons (Fsp3) is 0.333. The first-order valence-corrected chi connectivity index (χ1v) is 9.56. The lowest BCUT2D eigenvalue weighted by atomic mass is 10.2. The monoisotopic (exact) mass is 396 g/mol. The maximum absolute atomic E-state index is 9.28. The molecule has 0 atom stereocenters. The summed E-state index contributed by atoms with van der Waals surface area (Å²) in [5.74, 6) is 1.41. The molecule has 7 heteroatoms. The van der Waals surface area contributed by atoms with Crippen LogP contribution >= 0.6 is 11.6 Å². The highest BCUT2D eigenvalue weighted by molar-refractivity contribution is 6.33. The van der Waals surface area contributed by atoms with Crippen molar-refractivity contribution in [3.63, 3.8) is 0 Å². The molecular formula is C21H25ClN6. The molecule has 0 saturated carbocycles. The number of nitrogens with one attached hydrogen (secondary N) is 2. The number of aromatic nitrogens is 1. The van der Waals surface area contributed by atoms with E-state index in [1.807, 2.05) is 45.9 Å². The van der Waals surface area contributed by atoms with Gasteiger partial charge in [-0.25, -0.2) is 4.98 Å². The summed E-state index contributed by atoms with van der Waals surface area (Å²) in [5.41, 5.74) is 2.89. The Morgan fingerprint density at radius 2 is 2.04 bits per heavy atom. The van der Waals surface area contributed by atoms with Gasteiger partial charge in [-0.1, -0.05) is 23.7 Å². The number of aliphatic imine (C=N–C) groups is 2. The lowest BCUT2D eigenvalue weighted by Gasteiger charge is -2.14. The molecule has 146 valence electrons. The molecule has 6 nitrogen and oxygen atoms in total. The quantitative estimate of drug-likeness (QED) is 0.482. The van der Waals surface area contributed by atoms with Crippen molar-refractivity contribution < 1.29 is 0 Å². The molecule has 2 N–H and O–H groups in total. The van der Waals surface area contributed by atoms with Gasteiger partial charge in [0.2, 0.25) is 0 Å². The van der Waals surface area contributed by atoms with Crippen LogP contribution in [-0.2, 0) is 0 Å². The van der Waals surface area contributed by atoms with E-state index in [0.717, 1.165) is 18.1 Å². The number of nitriles is 1. The molecule has 0 bridgehead atoms. The second-order valence-corrected chi connectivity index (χ2v) is 6.92. The number of hydrogen-bond donors (Lipinski definition) is 2. The van der Waals surface area contributed by atoms with E-state index >= 15 is 0 Å². The zero-order valence-electron chi connectivity index (χ0n) is 16.6. The minimum absolute atomic E-state index is 0.143. The van der Waals surface area contributed by atoms with Gasteiger partial charge in [0.25, 0.3) is 0 Å². The average molecular weight is 397 g/mol. The predicted octanol–water partition coefficient (Wildman–Crippen LogP) is 5.44. The zero-order chi connectivity index (χ0) is 20.5. The van der Waals surface area contributed by atoms with Crippen molar-refractivity contribution in [2.24, 2.45) is 9.98 Å². The van der Waals surface area contributed by atoms with Crippen molar-refractivity contribution >= 4 is 40.3 Å². The SMILES string of the molecule is CCN=C(C)CC(=NC(C)C)Nc1cc(Nc2ccccc2C#N)c(Cl)cn1. The smallest absolute Gasteiger partial charge is 0.133 e. The van der Waals surface area contributed by atoms with Crippen LogP contribution in [0.1, 0.15) is 39.7 Å². The van der Waals surface area contributed by atoms with Crippen molar-refractivity contribution in [2.45, 2.75) is 40.2 Å². The molecular weight excluding hydrogens is 372 g/mol. The third-order valence-corrected chi connectivity index (χ3v) is 4.01. The third kappa shape index (κ3) is 6.36. The first kappa shape index (κ1) is 21.4.